The Morgan fingerprint density at radius 1 is 1.45 bits per heavy atom. The molecule has 1 aromatic heterocycles. The molecule has 6 heteroatoms. The Morgan fingerprint density at radius 2 is 2.25 bits per heavy atom. The van der Waals surface area contributed by atoms with E-state index in [1.165, 1.54) is 25.4 Å². The Morgan fingerprint density at radius 3 is 2.95 bits per heavy atom. The first kappa shape index (κ1) is 13.1. The maximum Gasteiger partial charge on any atom is 0.269 e. The molecule has 1 aromatic rings. The third-order valence-corrected chi connectivity index (χ3v) is 4.30. The van der Waals surface area contributed by atoms with E-state index in [-0.39, 0.29) is 17.7 Å². The predicted octanol–water partition coefficient (Wildman–Crippen LogP) is 0.931. The van der Waals surface area contributed by atoms with Crippen molar-refractivity contribution in [1.29, 1.82) is 0 Å². The van der Waals surface area contributed by atoms with Crippen LogP contribution in [-0.4, -0.2) is 45.8 Å². The first-order valence-corrected chi connectivity index (χ1v) is 7.30. The molecule has 0 radical (unpaired) electrons. The zero-order valence-corrected chi connectivity index (χ0v) is 11.5. The number of carbonyl (C=O) groups excluding carboxylic acids is 2. The average molecular weight is 276 g/mol. The molecule has 1 atom stereocenters. The first-order chi connectivity index (χ1) is 9.74. The molecule has 2 N–H and O–H groups in total. The number of hydrogen-bond acceptors (Lipinski definition) is 3. The first-order valence-electron chi connectivity index (χ1n) is 7.30. The predicted molar refractivity (Wildman–Crippen MR) is 73.0 cm³/mol. The van der Waals surface area contributed by atoms with Gasteiger partial charge in [0.1, 0.15) is 5.69 Å². The van der Waals surface area contributed by atoms with Crippen LogP contribution in [0.5, 0.6) is 0 Å². The van der Waals surface area contributed by atoms with Crippen molar-refractivity contribution in [2.75, 3.05) is 13.1 Å². The topological polar surface area (TPSA) is 78.1 Å². The van der Waals surface area contributed by atoms with Gasteiger partial charge in [0.2, 0.25) is 5.91 Å². The highest BCUT2D eigenvalue weighted by Gasteiger charge is 2.35. The van der Waals surface area contributed by atoms with Crippen molar-refractivity contribution in [1.82, 2.24) is 20.2 Å². The molecular weight excluding hydrogens is 256 g/mol. The standard InChI is InChI=1S/C14H20N4O2/c19-13-5-10(8-18(13)11-3-1-2-4-11)6-16-14(20)12-7-15-9-17-12/h7,9-11H,1-6,8H2,(H,15,17)(H,16,20). The molecule has 1 aliphatic carbocycles. The van der Waals surface area contributed by atoms with Gasteiger partial charge >= 0.3 is 0 Å². The van der Waals surface area contributed by atoms with Gasteiger partial charge in [0.05, 0.1) is 12.5 Å². The second kappa shape index (κ2) is 5.64. The van der Waals surface area contributed by atoms with Gasteiger partial charge in [-0.05, 0) is 12.8 Å². The number of hydrogen-bond donors (Lipinski definition) is 2. The van der Waals surface area contributed by atoms with Crippen molar-refractivity contribution in [3.05, 3.63) is 18.2 Å². The van der Waals surface area contributed by atoms with Crippen LogP contribution in [0, 0.1) is 5.92 Å². The molecule has 0 bridgehead atoms. The van der Waals surface area contributed by atoms with Crippen LogP contribution >= 0.6 is 0 Å². The molecule has 1 unspecified atom stereocenters. The second-order valence-electron chi connectivity index (χ2n) is 5.73. The molecule has 2 aliphatic rings. The fourth-order valence-electron chi connectivity index (χ4n) is 3.23. The minimum atomic E-state index is -0.158. The Kier molecular flexibility index (Phi) is 3.71. The van der Waals surface area contributed by atoms with Crippen molar-refractivity contribution in [2.24, 2.45) is 5.92 Å². The fourth-order valence-corrected chi connectivity index (χ4v) is 3.23. The summed E-state index contributed by atoms with van der Waals surface area (Å²) in [5, 5.41) is 2.87. The van der Waals surface area contributed by atoms with E-state index in [9.17, 15) is 9.59 Å². The number of aromatic amines is 1. The normalized spacial score (nSPS) is 23.5. The largest absolute Gasteiger partial charge is 0.350 e. The van der Waals surface area contributed by atoms with E-state index in [0.717, 1.165) is 19.4 Å². The van der Waals surface area contributed by atoms with Gasteiger partial charge in [-0.2, -0.15) is 0 Å². The number of carbonyl (C=O) groups is 2. The van der Waals surface area contributed by atoms with Crippen LogP contribution in [0.15, 0.2) is 12.5 Å². The summed E-state index contributed by atoms with van der Waals surface area (Å²) in [6.45, 7) is 1.33. The van der Waals surface area contributed by atoms with Crippen LogP contribution in [0.1, 0.15) is 42.6 Å². The Labute approximate surface area is 117 Å². The fraction of sp³-hybridized carbons (Fsp3) is 0.643. The smallest absolute Gasteiger partial charge is 0.269 e. The number of amides is 2. The van der Waals surface area contributed by atoms with E-state index in [2.05, 4.69) is 15.3 Å². The monoisotopic (exact) mass is 276 g/mol. The highest BCUT2D eigenvalue weighted by atomic mass is 16.2. The lowest BCUT2D eigenvalue weighted by Gasteiger charge is -2.24. The number of nitrogens with zero attached hydrogens (tertiary/aromatic N) is 2. The van der Waals surface area contributed by atoms with Crippen LogP contribution < -0.4 is 5.32 Å². The third-order valence-electron chi connectivity index (χ3n) is 4.30. The summed E-state index contributed by atoms with van der Waals surface area (Å²) < 4.78 is 0. The van der Waals surface area contributed by atoms with Gasteiger partial charge in [-0.3, -0.25) is 9.59 Å². The van der Waals surface area contributed by atoms with Gasteiger partial charge in [0.25, 0.3) is 5.91 Å². The highest BCUT2D eigenvalue weighted by molar-refractivity contribution is 5.92. The van der Waals surface area contributed by atoms with Crippen molar-refractivity contribution in [3.8, 4) is 0 Å². The van der Waals surface area contributed by atoms with E-state index >= 15 is 0 Å². The summed E-state index contributed by atoms with van der Waals surface area (Å²) in [4.78, 5) is 32.5. The summed E-state index contributed by atoms with van der Waals surface area (Å²) in [6.07, 6.45) is 8.28. The molecule has 3 rings (SSSR count). The van der Waals surface area contributed by atoms with Crippen molar-refractivity contribution in [2.45, 2.75) is 38.1 Å². The Hall–Kier alpha value is -1.85. The van der Waals surface area contributed by atoms with Crippen molar-refractivity contribution < 1.29 is 9.59 Å². The van der Waals surface area contributed by atoms with E-state index in [1.807, 2.05) is 4.90 Å². The lowest BCUT2D eigenvalue weighted by atomic mass is 10.1. The number of nitrogens with one attached hydrogen (secondary N) is 2. The van der Waals surface area contributed by atoms with E-state index in [0.29, 0.717) is 24.7 Å². The zero-order valence-electron chi connectivity index (χ0n) is 11.5. The van der Waals surface area contributed by atoms with Gasteiger partial charge < -0.3 is 15.2 Å². The van der Waals surface area contributed by atoms with Gasteiger partial charge in [0.15, 0.2) is 0 Å². The summed E-state index contributed by atoms with van der Waals surface area (Å²) >= 11 is 0. The molecule has 0 aromatic carbocycles. The molecule has 2 fully saturated rings. The second-order valence-corrected chi connectivity index (χ2v) is 5.73. The molecule has 1 aliphatic heterocycles. The summed E-state index contributed by atoms with van der Waals surface area (Å²) in [5.41, 5.74) is 0.460. The Bertz CT molecular complexity index is 479. The van der Waals surface area contributed by atoms with Gasteiger partial charge in [-0.25, -0.2) is 4.98 Å². The van der Waals surface area contributed by atoms with Crippen LogP contribution in [0.3, 0.4) is 0 Å². The maximum atomic E-state index is 12.0. The average Bonchev–Trinajstić information content (AvgIpc) is 3.17. The molecule has 2 heterocycles. The Balaban J connectivity index is 1.49. The lowest BCUT2D eigenvalue weighted by molar-refractivity contribution is -0.129. The molecule has 20 heavy (non-hydrogen) atoms. The van der Waals surface area contributed by atoms with Crippen molar-refractivity contribution >= 4 is 11.8 Å². The van der Waals surface area contributed by atoms with Gasteiger partial charge in [-0.15, -0.1) is 0 Å². The number of aromatic nitrogens is 2. The number of likely N-dealkylation sites (tertiary alicyclic amines) is 1. The molecule has 6 nitrogen and oxygen atoms in total. The summed E-state index contributed by atoms with van der Waals surface area (Å²) in [5.74, 6) is 0.321. The van der Waals surface area contributed by atoms with E-state index in [1.54, 1.807) is 0 Å². The van der Waals surface area contributed by atoms with Crippen molar-refractivity contribution in [3.63, 3.8) is 0 Å². The summed E-state index contributed by atoms with van der Waals surface area (Å²) in [7, 11) is 0. The third kappa shape index (κ3) is 2.69. The molecule has 1 saturated carbocycles. The molecule has 0 spiro atoms. The number of imidazole rings is 1. The molecule has 2 amide bonds. The quantitative estimate of drug-likeness (QED) is 0.858. The summed E-state index contributed by atoms with van der Waals surface area (Å²) in [6, 6.07) is 0.441. The van der Waals surface area contributed by atoms with Crippen LogP contribution in [-0.2, 0) is 4.79 Å². The lowest BCUT2D eigenvalue weighted by Crippen LogP contribution is -2.36. The number of H-pyrrole nitrogens is 1. The molecule has 108 valence electrons. The maximum absolute atomic E-state index is 12.0. The van der Waals surface area contributed by atoms with Crippen LogP contribution in [0.25, 0.3) is 0 Å². The molecule has 1 saturated heterocycles. The van der Waals surface area contributed by atoms with E-state index in [4.69, 9.17) is 0 Å². The van der Waals surface area contributed by atoms with E-state index < -0.39 is 0 Å². The molecular formula is C14H20N4O2. The SMILES string of the molecule is O=C(NCC1CC(=O)N(C2CCCC2)C1)c1cnc[nH]1. The highest BCUT2D eigenvalue weighted by Crippen LogP contribution is 2.29. The van der Waals surface area contributed by atoms with Crippen LogP contribution in [0.2, 0.25) is 0 Å². The number of rotatable bonds is 4. The minimum Gasteiger partial charge on any atom is -0.350 e. The van der Waals surface area contributed by atoms with Gasteiger partial charge in [0, 0.05) is 31.5 Å². The van der Waals surface area contributed by atoms with Gasteiger partial charge in [-0.1, -0.05) is 12.8 Å². The minimum absolute atomic E-state index is 0.158. The zero-order chi connectivity index (χ0) is 13.9. The van der Waals surface area contributed by atoms with Crippen LogP contribution in [0.4, 0.5) is 0 Å².